The number of esters is 1. The van der Waals surface area contributed by atoms with E-state index >= 15 is 0 Å². The Kier molecular flexibility index (Phi) is 7.25. The van der Waals surface area contributed by atoms with E-state index in [9.17, 15) is 4.79 Å². The monoisotopic (exact) mass is 397 g/mol. The maximum absolute atomic E-state index is 13.0. The first-order chi connectivity index (χ1) is 14.2. The van der Waals surface area contributed by atoms with Gasteiger partial charge in [-0.3, -0.25) is 4.99 Å². The molecule has 6 nitrogen and oxygen atoms in total. The molecule has 3 rings (SSSR count). The van der Waals surface area contributed by atoms with Gasteiger partial charge in [0.05, 0.1) is 39.2 Å². The van der Waals surface area contributed by atoms with Crippen LogP contribution in [0.4, 0.5) is 0 Å². The molecule has 0 amide bonds. The van der Waals surface area contributed by atoms with Gasteiger partial charge in [0.2, 0.25) is 0 Å². The Bertz CT molecular complexity index is 877. The molecule has 1 heterocycles. The molecule has 0 aromatic heterocycles. The molecule has 0 radical (unpaired) electrons. The molecule has 0 aliphatic carbocycles. The van der Waals surface area contributed by atoms with Gasteiger partial charge >= 0.3 is 5.97 Å². The Labute approximate surface area is 171 Å². The highest BCUT2D eigenvalue weighted by molar-refractivity contribution is 6.07. The van der Waals surface area contributed by atoms with Crippen LogP contribution in [0.25, 0.3) is 0 Å². The van der Waals surface area contributed by atoms with Crippen molar-refractivity contribution in [2.24, 2.45) is 4.99 Å². The van der Waals surface area contributed by atoms with Gasteiger partial charge in [-0.25, -0.2) is 4.79 Å². The van der Waals surface area contributed by atoms with Gasteiger partial charge in [0.1, 0.15) is 22.8 Å². The van der Waals surface area contributed by atoms with Gasteiger partial charge in [-0.2, -0.15) is 0 Å². The number of para-hydroxylation sites is 1. The van der Waals surface area contributed by atoms with Crippen molar-refractivity contribution in [1.29, 1.82) is 0 Å². The van der Waals surface area contributed by atoms with Crippen molar-refractivity contribution in [2.45, 2.75) is 26.7 Å². The van der Waals surface area contributed by atoms with Crippen molar-refractivity contribution in [1.82, 2.24) is 0 Å². The molecule has 0 atom stereocenters. The molecule has 0 bridgehead atoms. The first-order valence-electron chi connectivity index (χ1n) is 9.88. The fourth-order valence-corrected chi connectivity index (χ4v) is 3.21. The molecule has 0 unspecified atom stereocenters. The van der Waals surface area contributed by atoms with Crippen LogP contribution in [0.1, 0.15) is 41.3 Å². The number of ether oxygens (including phenoxy) is 4. The molecule has 0 spiro atoms. The van der Waals surface area contributed by atoms with E-state index in [1.54, 1.807) is 19.2 Å². The van der Waals surface area contributed by atoms with E-state index in [2.05, 4.69) is 11.9 Å². The Morgan fingerprint density at radius 3 is 2.69 bits per heavy atom. The van der Waals surface area contributed by atoms with E-state index < -0.39 is 5.97 Å². The van der Waals surface area contributed by atoms with Gasteiger partial charge in [0.25, 0.3) is 0 Å². The van der Waals surface area contributed by atoms with Crippen LogP contribution < -0.4 is 14.2 Å². The Hall–Kier alpha value is -2.86. The summed E-state index contributed by atoms with van der Waals surface area (Å²) in [6.45, 7) is 6.04. The average Bonchev–Trinajstić information content (AvgIpc) is 2.75. The van der Waals surface area contributed by atoms with Crippen molar-refractivity contribution in [3.05, 3.63) is 53.1 Å². The Morgan fingerprint density at radius 1 is 1.24 bits per heavy atom. The first kappa shape index (κ1) is 20.9. The molecular weight excluding hydrogens is 370 g/mol. The highest BCUT2D eigenvalue weighted by Gasteiger charge is 2.26. The fourth-order valence-electron chi connectivity index (χ4n) is 3.21. The number of hydrogen-bond acceptors (Lipinski definition) is 6. The number of aliphatic imine (C=N–C) groups is 1. The van der Waals surface area contributed by atoms with Crippen LogP contribution in [0.5, 0.6) is 17.2 Å². The molecule has 1 aliphatic rings. The van der Waals surface area contributed by atoms with Gasteiger partial charge in [-0.05, 0) is 31.5 Å². The van der Waals surface area contributed by atoms with E-state index in [1.165, 1.54) is 0 Å². The lowest BCUT2D eigenvalue weighted by Crippen LogP contribution is -2.21. The summed E-state index contributed by atoms with van der Waals surface area (Å²) in [4.78, 5) is 17.6. The van der Waals surface area contributed by atoms with Gasteiger partial charge in [-0.15, -0.1) is 0 Å². The zero-order valence-corrected chi connectivity index (χ0v) is 17.2. The number of methoxy groups -OCH3 is 1. The van der Waals surface area contributed by atoms with Crippen LogP contribution in [0.15, 0.2) is 41.4 Å². The fraction of sp³-hybridized carbons (Fsp3) is 0.391. The second-order valence-corrected chi connectivity index (χ2v) is 6.74. The summed E-state index contributed by atoms with van der Waals surface area (Å²) in [6.07, 6.45) is 1.88. The van der Waals surface area contributed by atoms with Crippen molar-refractivity contribution < 1.29 is 23.7 Å². The van der Waals surface area contributed by atoms with E-state index in [1.807, 2.05) is 31.2 Å². The van der Waals surface area contributed by atoms with Crippen molar-refractivity contribution in [2.75, 3.05) is 33.5 Å². The summed E-state index contributed by atoms with van der Waals surface area (Å²) >= 11 is 0. The van der Waals surface area contributed by atoms with Gasteiger partial charge in [0, 0.05) is 11.1 Å². The lowest BCUT2D eigenvalue weighted by atomic mass is 9.98. The van der Waals surface area contributed by atoms with Crippen LogP contribution >= 0.6 is 0 Å². The Morgan fingerprint density at radius 2 is 2.03 bits per heavy atom. The standard InChI is InChI=1S/C23H27NO5/c1-4-5-12-28-20-14-18(19-15-27-13-11-24-19)22(26-3)16(2)21(20)23(25)29-17-9-7-6-8-10-17/h6-10,14H,4-5,11-13,15H2,1-3H3. The van der Waals surface area contributed by atoms with Crippen LogP contribution in [0.3, 0.4) is 0 Å². The highest BCUT2D eigenvalue weighted by Crippen LogP contribution is 2.36. The summed E-state index contributed by atoms with van der Waals surface area (Å²) < 4.78 is 22.8. The minimum Gasteiger partial charge on any atom is -0.496 e. The topological polar surface area (TPSA) is 66.3 Å². The quantitative estimate of drug-likeness (QED) is 0.379. The largest absolute Gasteiger partial charge is 0.496 e. The van der Waals surface area contributed by atoms with E-state index in [0.717, 1.165) is 24.1 Å². The number of nitrogens with zero attached hydrogens (tertiary/aromatic N) is 1. The lowest BCUT2D eigenvalue weighted by Gasteiger charge is -2.21. The molecule has 1 aliphatic heterocycles. The molecule has 29 heavy (non-hydrogen) atoms. The second-order valence-electron chi connectivity index (χ2n) is 6.74. The number of carbonyl (C=O) groups is 1. The number of hydrogen-bond donors (Lipinski definition) is 0. The normalized spacial score (nSPS) is 13.6. The molecule has 0 saturated carbocycles. The molecule has 154 valence electrons. The maximum atomic E-state index is 13.0. The minimum atomic E-state index is -0.480. The zero-order valence-electron chi connectivity index (χ0n) is 17.2. The van der Waals surface area contributed by atoms with E-state index in [4.69, 9.17) is 18.9 Å². The van der Waals surface area contributed by atoms with Gasteiger partial charge < -0.3 is 18.9 Å². The van der Waals surface area contributed by atoms with Crippen LogP contribution in [-0.4, -0.2) is 45.2 Å². The van der Waals surface area contributed by atoms with Gasteiger partial charge in [0.15, 0.2) is 0 Å². The molecule has 0 fully saturated rings. The summed E-state index contributed by atoms with van der Waals surface area (Å²) in [7, 11) is 1.58. The van der Waals surface area contributed by atoms with Crippen molar-refractivity contribution in [3.8, 4) is 17.2 Å². The molecule has 0 N–H and O–H groups in total. The van der Waals surface area contributed by atoms with E-state index in [0.29, 0.717) is 54.7 Å². The van der Waals surface area contributed by atoms with Crippen molar-refractivity contribution >= 4 is 11.7 Å². The third kappa shape index (κ3) is 4.95. The Balaban J connectivity index is 2.04. The molecule has 2 aromatic carbocycles. The van der Waals surface area contributed by atoms with E-state index in [-0.39, 0.29) is 0 Å². The molecular formula is C23H27NO5. The average molecular weight is 397 g/mol. The third-order valence-electron chi connectivity index (χ3n) is 4.69. The summed E-state index contributed by atoms with van der Waals surface area (Å²) in [5.41, 5.74) is 2.60. The lowest BCUT2D eigenvalue weighted by molar-refractivity contribution is 0.0729. The molecule has 0 saturated heterocycles. The predicted molar refractivity (Wildman–Crippen MR) is 112 cm³/mol. The maximum Gasteiger partial charge on any atom is 0.347 e. The first-order valence-corrected chi connectivity index (χ1v) is 9.88. The minimum absolute atomic E-state index is 0.364. The summed E-state index contributed by atoms with van der Waals surface area (Å²) in [6, 6.07) is 10.8. The van der Waals surface area contributed by atoms with Crippen LogP contribution in [-0.2, 0) is 4.74 Å². The smallest absolute Gasteiger partial charge is 0.347 e. The predicted octanol–water partition coefficient (Wildman–Crippen LogP) is 4.22. The SMILES string of the molecule is CCCCOc1cc(C2=NCCOC2)c(OC)c(C)c1C(=O)Oc1ccccc1. The number of rotatable bonds is 8. The molecule has 6 heteroatoms. The van der Waals surface area contributed by atoms with Crippen LogP contribution in [0.2, 0.25) is 0 Å². The third-order valence-corrected chi connectivity index (χ3v) is 4.69. The van der Waals surface area contributed by atoms with Gasteiger partial charge in [-0.1, -0.05) is 31.5 Å². The second kappa shape index (κ2) is 10.1. The van der Waals surface area contributed by atoms with Crippen molar-refractivity contribution in [3.63, 3.8) is 0 Å². The number of unbranched alkanes of at least 4 members (excludes halogenated alkanes) is 1. The number of benzene rings is 2. The highest BCUT2D eigenvalue weighted by atomic mass is 16.5. The summed E-state index contributed by atoms with van der Waals surface area (Å²) in [5.74, 6) is 1.05. The molecule has 2 aromatic rings. The number of carbonyl (C=O) groups excluding carboxylic acids is 1. The summed E-state index contributed by atoms with van der Waals surface area (Å²) in [5, 5.41) is 0. The van der Waals surface area contributed by atoms with Crippen LogP contribution in [0, 0.1) is 6.92 Å². The zero-order chi connectivity index (χ0) is 20.6.